The number of halogens is 3. The predicted molar refractivity (Wildman–Crippen MR) is 146 cm³/mol. The van der Waals surface area contributed by atoms with E-state index in [1.807, 2.05) is 4.90 Å². The van der Waals surface area contributed by atoms with E-state index < -0.39 is 5.56 Å². The summed E-state index contributed by atoms with van der Waals surface area (Å²) in [4.78, 5) is 22.1. The van der Waals surface area contributed by atoms with Gasteiger partial charge in [-0.2, -0.15) is 5.26 Å². The lowest BCUT2D eigenvalue weighted by Crippen LogP contribution is -2.48. The number of aromatic nitrogens is 2. The first-order chi connectivity index (χ1) is 18.4. The number of fused-ring (bicyclic) bond motifs is 1. The van der Waals surface area contributed by atoms with E-state index in [2.05, 4.69) is 37.8 Å². The lowest BCUT2D eigenvalue weighted by atomic mass is 9.96. The van der Waals surface area contributed by atoms with E-state index in [0.717, 1.165) is 11.1 Å². The van der Waals surface area contributed by atoms with E-state index in [4.69, 9.17) is 6.42 Å². The van der Waals surface area contributed by atoms with Gasteiger partial charge >= 0.3 is 0 Å². The van der Waals surface area contributed by atoms with Gasteiger partial charge < -0.3 is 4.90 Å². The maximum Gasteiger partial charge on any atom is 0.272 e. The molecule has 1 aliphatic heterocycles. The van der Waals surface area contributed by atoms with Gasteiger partial charge in [0.05, 0.1) is 23.8 Å². The molecule has 0 amide bonds. The Bertz CT molecular complexity index is 1580. The van der Waals surface area contributed by atoms with Gasteiger partial charge in [0.1, 0.15) is 33.4 Å². The number of hydrogen-bond acceptors (Lipinski definition) is 5. The Kier molecular flexibility index (Phi) is 7.24. The number of pyridine rings is 2. The van der Waals surface area contributed by atoms with Gasteiger partial charge in [-0.15, -0.1) is 6.42 Å². The second-order valence-electron chi connectivity index (χ2n) is 8.96. The third-order valence-corrected chi connectivity index (χ3v) is 7.22. The second kappa shape index (κ2) is 10.7. The Morgan fingerprint density at radius 1 is 0.947 bits per heavy atom. The fourth-order valence-electron chi connectivity index (χ4n) is 5.05. The van der Waals surface area contributed by atoms with Crippen LogP contribution >= 0.6 is 15.9 Å². The highest BCUT2D eigenvalue weighted by Gasteiger charge is 2.30. The van der Waals surface area contributed by atoms with Crippen LogP contribution in [0.1, 0.15) is 22.7 Å². The molecule has 0 aliphatic carbocycles. The van der Waals surface area contributed by atoms with Crippen molar-refractivity contribution in [3.8, 4) is 18.4 Å². The molecule has 0 radical (unpaired) electrons. The maximum atomic E-state index is 13.7. The molecule has 1 saturated heterocycles. The zero-order chi connectivity index (χ0) is 26.8. The Balaban J connectivity index is 1.52. The van der Waals surface area contributed by atoms with Crippen LogP contribution in [0.5, 0.6) is 0 Å². The number of benzene rings is 2. The second-order valence-corrected chi connectivity index (χ2v) is 9.77. The largest absolute Gasteiger partial charge is 0.366 e. The number of nitrogens with zero attached hydrogens (tertiary/aromatic N) is 5. The number of rotatable bonds is 5. The summed E-state index contributed by atoms with van der Waals surface area (Å²) in [6.07, 6.45) is 5.50. The van der Waals surface area contributed by atoms with Crippen LogP contribution in [-0.2, 0) is 6.54 Å². The minimum atomic E-state index is -0.449. The molecule has 4 aromatic rings. The third-order valence-electron chi connectivity index (χ3n) is 6.78. The van der Waals surface area contributed by atoms with E-state index in [-0.39, 0.29) is 29.8 Å². The van der Waals surface area contributed by atoms with Gasteiger partial charge in [-0.3, -0.25) is 14.3 Å². The normalized spacial score (nSPS) is 14.0. The van der Waals surface area contributed by atoms with Crippen LogP contribution in [-0.4, -0.2) is 40.6 Å². The van der Waals surface area contributed by atoms with Crippen molar-refractivity contribution in [3.05, 3.63) is 104 Å². The van der Waals surface area contributed by atoms with Crippen molar-refractivity contribution in [1.29, 1.82) is 5.26 Å². The highest BCUT2D eigenvalue weighted by atomic mass is 79.9. The molecule has 5 rings (SSSR count). The molecule has 0 spiro atoms. The number of nitriles is 1. The van der Waals surface area contributed by atoms with Crippen LogP contribution in [0, 0.1) is 35.3 Å². The Labute approximate surface area is 226 Å². The van der Waals surface area contributed by atoms with Crippen molar-refractivity contribution in [1.82, 2.24) is 14.5 Å². The fourth-order valence-corrected chi connectivity index (χ4v) is 5.36. The van der Waals surface area contributed by atoms with Crippen molar-refractivity contribution in [2.75, 3.05) is 31.1 Å². The molecule has 1 fully saturated rings. The first-order valence-corrected chi connectivity index (χ1v) is 12.8. The van der Waals surface area contributed by atoms with Crippen molar-refractivity contribution in [2.24, 2.45) is 0 Å². The number of anilines is 1. The molecule has 2 aromatic heterocycles. The van der Waals surface area contributed by atoms with Crippen LogP contribution in [0.2, 0.25) is 0 Å². The molecular formula is C29H22BrF2N5O. The molecule has 6 nitrogen and oxygen atoms in total. The lowest BCUT2D eigenvalue weighted by Gasteiger charge is -2.41. The number of terminal acetylenes is 1. The summed E-state index contributed by atoms with van der Waals surface area (Å²) in [6.45, 7) is 2.20. The standard InChI is InChI=1S/C29H22BrF2N5O/c1-2-13-37-24-11-12-25(30)34-26(24)28(23(18-33)29(37)38)36-16-14-35(15-17-36)27(19-3-7-21(31)8-4-19)20-5-9-22(32)10-6-20/h1,3-12,27H,13-17H2. The minimum absolute atomic E-state index is 0.000388. The van der Waals surface area contributed by atoms with Crippen LogP contribution in [0.25, 0.3) is 11.0 Å². The highest BCUT2D eigenvalue weighted by molar-refractivity contribution is 9.10. The molecule has 0 atom stereocenters. The van der Waals surface area contributed by atoms with Gasteiger partial charge in [0.2, 0.25) is 0 Å². The summed E-state index contributed by atoms with van der Waals surface area (Å²) in [5, 5.41) is 9.98. The van der Waals surface area contributed by atoms with E-state index in [1.54, 1.807) is 36.4 Å². The zero-order valence-electron chi connectivity index (χ0n) is 20.2. The van der Waals surface area contributed by atoms with Gasteiger partial charge in [0.25, 0.3) is 5.56 Å². The summed E-state index contributed by atoms with van der Waals surface area (Å²) >= 11 is 3.41. The van der Waals surface area contributed by atoms with Crippen molar-refractivity contribution in [2.45, 2.75) is 12.6 Å². The van der Waals surface area contributed by atoms with Crippen LogP contribution in [0.4, 0.5) is 14.5 Å². The lowest BCUT2D eigenvalue weighted by molar-refractivity contribution is 0.212. The van der Waals surface area contributed by atoms with Crippen LogP contribution in [0.15, 0.2) is 70.1 Å². The molecule has 190 valence electrons. The number of hydrogen-bond donors (Lipinski definition) is 0. The Hall–Kier alpha value is -4.05. The summed E-state index contributed by atoms with van der Waals surface area (Å²) < 4.78 is 29.3. The highest BCUT2D eigenvalue weighted by Crippen LogP contribution is 2.33. The molecular weight excluding hydrogens is 552 g/mol. The molecule has 38 heavy (non-hydrogen) atoms. The zero-order valence-corrected chi connectivity index (χ0v) is 21.8. The molecule has 0 bridgehead atoms. The third kappa shape index (κ3) is 4.79. The SMILES string of the molecule is C#CCn1c(=O)c(C#N)c(N2CCN(C(c3ccc(F)cc3)c3ccc(F)cc3)CC2)c2nc(Br)ccc21. The van der Waals surface area contributed by atoms with Gasteiger partial charge in [-0.05, 0) is 63.5 Å². The van der Waals surface area contributed by atoms with Crippen LogP contribution in [0.3, 0.4) is 0 Å². The summed E-state index contributed by atoms with van der Waals surface area (Å²) in [6, 6.07) is 18.0. The minimum Gasteiger partial charge on any atom is -0.366 e. The summed E-state index contributed by atoms with van der Waals surface area (Å²) in [5.74, 6) is 1.83. The fraction of sp³-hybridized carbons (Fsp3) is 0.207. The quantitative estimate of drug-likeness (QED) is 0.252. The molecule has 0 unspecified atom stereocenters. The topological polar surface area (TPSA) is 65.2 Å². The first-order valence-electron chi connectivity index (χ1n) is 12.0. The van der Waals surface area contributed by atoms with E-state index >= 15 is 0 Å². The molecule has 9 heteroatoms. The molecule has 1 aliphatic rings. The van der Waals surface area contributed by atoms with Crippen molar-refractivity contribution in [3.63, 3.8) is 0 Å². The van der Waals surface area contributed by atoms with Gasteiger partial charge in [-0.1, -0.05) is 30.2 Å². The van der Waals surface area contributed by atoms with Crippen LogP contribution < -0.4 is 10.5 Å². The first kappa shape index (κ1) is 25.6. The smallest absolute Gasteiger partial charge is 0.272 e. The molecule has 3 heterocycles. The summed E-state index contributed by atoms with van der Waals surface area (Å²) in [7, 11) is 0. The summed E-state index contributed by atoms with van der Waals surface area (Å²) in [5.41, 5.74) is 2.89. The van der Waals surface area contributed by atoms with E-state index in [0.29, 0.717) is 47.5 Å². The average Bonchev–Trinajstić information content (AvgIpc) is 2.92. The van der Waals surface area contributed by atoms with E-state index in [9.17, 15) is 18.8 Å². The van der Waals surface area contributed by atoms with Gasteiger partial charge in [0.15, 0.2) is 0 Å². The van der Waals surface area contributed by atoms with Gasteiger partial charge in [0, 0.05) is 26.2 Å². The molecule has 2 aromatic carbocycles. The van der Waals surface area contributed by atoms with Crippen molar-refractivity contribution >= 4 is 32.7 Å². The maximum absolute atomic E-state index is 13.7. The average molecular weight is 574 g/mol. The Morgan fingerprint density at radius 2 is 1.53 bits per heavy atom. The Morgan fingerprint density at radius 3 is 2.05 bits per heavy atom. The molecule has 0 N–H and O–H groups in total. The van der Waals surface area contributed by atoms with E-state index in [1.165, 1.54) is 28.8 Å². The van der Waals surface area contributed by atoms with Gasteiger partial charge in [-0.25, -0.2) is 13.8 Å². The predicted octanol–water partition coefficient (Wildman–Crippen LogP) is 4.85. The van der Waals surface area contributed by atoms with Crippen molar-refractivity contribution < 1.29 is 8.78 Å². The molecule has 0 saturated carbocycles. The number of piperazine rings is 1. The monoisotopic (exact) mass is 573 g/mol.